The molecule has 190 valence electrons. The van der Waals surface area contributed by atoms with Gasteiger partial charge >= 0.3 is 5.97 Å². The molecule has 0 amide bonds. The number of benzene rings is 2. The minimum atomic E-state index is -1.12. The number of aliphatic hydroxyl groups is 1. The molecular formula is C27H34O8. The van der Waals surface area contributed by atoms with Gasteiger partial charge in [-0.2, -0.15) is 0 Å². The van der Waals surface area contributed by atoms with E-state index in [4.69, 9.17) is 14.2 Å². The second-order valence-corrected chi connectivity index (χ2v) is 9.22. The van der Waals surface area contributed by atoms with E-state index < -0.39 is 23.6 Å². The SMILES string of the molecule is COc1cc(CC(O)C(CC(=O)CC2(c3ccc(O)c(OC)c3)CCCC2)OC(C)=O)ccc1O. The zero-order chi connectivity index (χ0) is 25.6. The molecule has 2 aromatic carbocycles. The largest absolute Gasteiger partial charge is 0.504 e. The first kappa shape index (κ1) is 26.3. The molecule has 2 unspecified atom stereocenters. The number of ether oxygens (including phenoxy) is 3. The molecule has 3 rings (SSSR count). The molecule has 1 saturated carbocycles. The lowest BCUT2D eigenvalue weighted by Crippen LogP contribution is -2.36. The lowest BCUT2D eigenvalue weighted by Gasteiger charge is -2.31. The van der Waals surface area contributed by atoms with Crippen LogP contribution in [0, 0.1) is 0 Å². The number of Topliss-reactive ketones (excluding diaryl/α,β-unsaturated/α-hetero) is 1. The van der Waals surface area contributed by atoms with Crippen LogP contribution >= 0.6 is 0 Å². The highest BCUT2D eigenvalue weighted by Crippen LogP contribution is 2.46. The highest BCUT2D eigenvalue weighted by Gasteiger charge is 2.39. The van der Waals surface area contributed by atoms with Crippen molar-refractivity contribution < 1.29 is 39.1 Å². The molecule has 1 aliphatic rings. The van der Waals surface area contributed by atoms with E-state index in [0.717, 1.165) is 31.2 Å². The number of carbonyl (C=O) groups is 2. The molecule has 0 aliphatic heterocycles. The Morgan fingerprint density at radius 2 is 1.57 bits per heavy atom. The number of phenols is 2. The summed E-state index contributed by atoms with van der Waals surface area (Å²) in [6.45, 7) is 1.25. The highest BCUT2D eigenvalue weighted by molar-refractivity contribution is 5.81. The van der Waals surface area contributed by atoms with Crippen LogP contribution in [0.2, 0.25) is 0 Å². The summed E-state index contributed by atoms with van der Waals surface area (Å²) in [4.78, 5) is 25.0. The maximum Gasteiger partial charge on any atom is 0.303 e. The lowest BCUT2D eigenvalue weighted by molar-refractivity contribution is -0.154. The first-order chi connectivity index (χ1) is 16.7. The predicted molar refractivity (Wildman–Crippen MR) is 129 cm³/mol. The average Bonchev–Trinajstić information content (AvgIpc) is 3.29. The third-order valence-corrected chi connectivity index (χ3v) is 6.75. The standard InChI is InChI=1S/C27H34O8/c1-17(28)35-26(23(32)12-18-6-8-21(30)24(13-18)33-2)15-20(29)16-27(10-4-5-11-27)19-7-9-22(31)25(14-19)34-3/h6-9,13-14,23,26,30-32H,4-5,10-12,15-16H2,1-3H3. The predicted octanol–water partition coefficient (Wildman–Crippen LogP) is 3.81. The van der Waals surface area contributed by atoms with Crippen LogP contribution in [-0.4, -0.2) is 53.5 Å². The van der Waals surface area contributed by atoms with E-state index >= 15 is 0 Å². The third-order valence-electron chi connectivity index (χ3n) is 6.75. The van der Waals surface area contributed by atoms with Gasteiger partial charge in [0, 0.05) is 31.6 Å². The fourth-order valence-corrected chi connectivity index (χ4v) is 4.99. The quantitative estimate of drug-likeness (QED) is 0.410. The Labute approximate surface area is 205 Å². The Hall–Kier alpha value is -3.26. The van der Waals surface area contributed by atoms with Gasteiger partial charge < -0.3 is 29.5 Å². The second-order valence-electron chi connectivity index (χ2n) is 9.22. The lowest BCUT2D eigenvalue weighted by atomic mass is 9.74. The number of carbonyl (C=O) groups excluding carboxylic acids is 2. The topological polar surface area (TPSA) is 123 Å². The van der Waals surface area contributed by atoms with Crippen molar-refractivity contribution in [1.82, 2.24) is 0 Å². The summed E-state index contributed by atoms with van der Waals surface area (Å²) >= 11 is 0. The molecule has 0 spiro atoms. The van der Waals surface area contributed by atoms with Gasteiger partial charge in [-0.1, -0.05) is 25.0 Å². The van der Waals surface area contributed by atoms with Gasteiger partial charge in [0.1, 0.15) is 11.9 Å². The van der Waals surface area contributed by atoms with Gasteiger partial charge in [0.05, 0.1) is 20.3 Å². The van der Waals surface area contributed by atoms with Crippen LogP contribution in [0.3, 0.4) is 0 Å². The molecule has 0 radical (unpaired) electrons. The van der Waals surface area contributed by atoms with Crippen LogP contribution in [0.15, 0.2) is 36.4 Å². The molecule has 0 saturated heterocycles. The zero-order valence-electron chi connectivity index (χ0n) is 20.5. The van der Waals surface area contributed by atoms with E-state index in [1.807, 2.05) is 6.07 Å². The molecule has 0 aromatic heterocycles. The third kappa shape index (κ3) is 6.45. The second kappa shape index (κ2) is 11.4. The molecule has 2 atom stereocenters. The number of phenolic OH excluding ortho intramolecular Hbond substituents is 2. The number of rotatable bonds is 11. The maximum absolute atomic E-state index is 13.3. The number of hydrogen-bond donors (Lipinski definition) is 3. The van der Waals surface area contributed by atoms with Crippen LogP contribution in [0.25, 0.3) is 0 Å². The van der Waals surface area contributed by atoms with Gasteiger partial charge in [0.15, 0.2) is 23.0 Å². The summed E-state index contributed by atoms with van der Waals surface area (Å²) in [6, 6.07) is 9.88. The Balaban J connectivity index is 1.76. The van der Waals surface area contributed by atoms with Crippen LogP contribution in [0.5, 0.6) is 23.0 Å². The minimum Gasteiger partial charge on any atom is -0.504 e. The Morgan fingerprint density at radius 1 is 0.971 bits per heavy atom. The zero-order valence-corrected chi connectivity index (χ0v) is 20.5. The van der Waals surface area contributed by atoms with Crippen molar-refractivity contribution in [3.63, 3.8) is 0 Å². The molecule has 1 fully saturated rings. The van der Waals surface area contributed by atoms with Crippen LogP contribution < -0.4 is 9.47 Å². The van der Waals surface area contributed by atoms with Crippen molar-refractivity contribution in [2.75, 3.05) is 14.2 Å². The van der Waals surface area contributed by atoms with Crippen molar-refractivity contribution in [2.45, 2.75) is 69.5 Å². The highest BCUT2D eigenvalue weighted by atomic mass is 16.6. The normalized spacial score (nSPS) is 16.3. The number of esters is 1. The summed E-state index contributed by atoms with van der Waals surface area (Å²) in [5.74, 6) is -0.0533. The van der Waals surface area contributed by atoms with Gasteiger partial charge in [-0.15, -0.1) is 0 Å². The van der Waals surface area contributed by atoms with Crippen molar-refractivity contribution in [2.24, 2.45) is 0 Å². The summed E-state index contributed by atoms with van der Waals surface area (Å²) in [5.41, 5.74) is 1.20. The van der Waals surface area contributed by atoms with Gasteiger partial charge in [0.2, 0.25) is 0 Å². The van der Waals surface area contributed by atoms with E-state index in [1.165, 1.54) is 27.2 Å². The Bertz CT molecular complexity index is 1040. The van der Waals surface area contributed by atoms with Gasteiger partial charge in [0.25, 0.3) is 0 Å². The first-order valence-corrected chi connectivity index (χ1v) is 11.8. The summed E-state index contributed by atoms with van der Waals surface area (Å²) in [5, 5.41) is 30.6. The van der Waals surface area contributed by atoms with Crippen molar-refractivity contribution in [3.8, 4) is 23.0 Å². The number of aliphatic hydroxyl groups excluding tert-OH is 1. The van der Waals surface area contributed by atoms with Crippen LogP contribution in [0.4, 0.5) is 0 Å². The molecular weight excluding hydrogens is 452 g/mol. The first-order valence-electron chi connectivity index (χ1n) is 11.8. The van der Waals surface area contributed by atoms with Gasteiger partial charge in [-0.25, -0.2) is 0 Å². The van der Waals surface area contributed by atoms with Gasteiger partial charge in [-0.3, -0.25) is 9.59 Å². The molecule has 0 bridgehead atoms. The molecule has 1 aliphatic carbocycles. The molecule has 3 N–H and O–H groups in total. The van der Waals surface area contributed by atoms with Crippen LogP contribution in [-0.2, 0) is 26.2 Å². The fraction of sp³-hybridized carbons (Fsp3) is 0.481. The van der Waals surface area contributed by atoms with E-state index in [0.29, 0.717) is 11.3 Å². The van der Waals surface area contributed by atoms with Crippen molar-refractivity contribution in [1.29, 1.82) is 0 Å². The molecule has 2 aromatic rings. The molecule has 8 nitrogen and oxygen atoms in total. The monoisotopic (exact) mass is 486 g/mol. The van der Waals surface area contributed by atoms with Crippen molar-refractivity contribution >= 4 is 11.8 Å². The Morgan fingerprint density at radius 3 is 2.17 bits per heavy atom. The summed E-state index contributed by atoms with van der Waals surface area (Å²) < 4.78 is 15.7. The van der Waals surface area contributed by atoms with E-state index in [2.05, 4.69) is 0 Å². The number of methoxy groups -OCH3 is 2. The fourth-order valence-electron chi connectivity index (χ4n) is 4.99. The smallest absolute Gasteiger partial charge is 0.303 e. The molecule has 35 heavy (non-hydrogen) atoms. The van der Waals surface area contributed by atoms with Crippen LogP contribution in [0.1, 0.15) is 56.6 Å². The minimum absolute atomic E-state index is 0.0230. The molecule has 0 heterocycles. The average molecular weight is 487 g/mol. The number of hydrogen-bond acceptors (Lipinski definition) is 8. The van der Waals surface area contributed by atoms with Crippen molar-refractivity contribution in [3.05, 3.63) is 47.5 Å². The number of ketones is 1. The van der Waals surface area contributed by atoms with E-state index in [9.17, 15) is 24.9 Å². The Kier molecular flexibility index (Phi) is 8.62. The van der Waals surface area contributed by atoms with Gasteiger partial charge in [-0.05, 0) is 48.2 Å². The summed E-state index contributed by atoms with van der Waals surface area (Å²) in [7, 11) is 2.91. The number of aromatic hydroxyl groups is 2. The molecule has 8 heteroatoms. The maximum atomic E-state index is 13.3. The van der Waals surface area contributed by atoms with E-state index in [1.54, 1.807) is 24.3 Å². The summed E-state index contributed by atoms with van der Waals surface area (Å²) in [6.07, 6.45) is 1.71. The van der Waals surface area contributed by atoms with E-state index in [-0.39, 0.29) is 42.3 Å².